The number of carbonyl (C=O) groups excluding carboxylic acids is 8. The van der Waals surface area contributed by atoms with Crippen LogP contribution in [-0.2, 0) is 92.0 Å². The van der Waals surface area contributed by atoms with Crippen LogP contribution in [0.5, 0.6) is 23.0 Å². The van der Waals surface area contributed by atoms with E-state index in [0.717, 1.165) is 40.0 Å². The minimum absolute atomic E-state index is 0.0121. The zero-order chi connectivity index (χ0) is 77.7. The van der Waals surface area contributed by atoms with Crippen LogP contribution in [0.4, 0.5) is 0 Å². The Kier molecular flexibility index (Phi) is 42.5. The summed E-state index contributed by atoms with van der Waals surface area (Å²) >= 11 is 0. The van der Waals surface area contributed by atoms with E-state index in [-0.39, 0.29) is 66.8 Å². The standard InChI is InChI=1S/C55H81NO14.C26H34N2O10/c1-8-49(46-37-43(5)53(61-7)52(39-46)60-6)54(58)56-22-11-10-17-50(56)55(59)70-51(21-20-44-19-18-41(3)42(4)36-44)45-14-12-16-48(38-45)69-40-47(57)15-13-23-63-26-27-65-30-31-67-34-35-68-33-32-66-29-28-64-25-24-62-9-2;1-2-34-11-12-36-15-16-37-14-13-35-10-4-5-18(29)17-38-21-7-3-6-19-23(21)26(33)28(25(19)32)20-8-9-22(30)27-24(20)31/h12,14,16,18-19,36-39,49-51H,8-11,13,15,17,20-35,40H2,1-7H3;3,6-7,20H,2,4-5,8-17H2,1H3,(H,27,30,31)/t49-,50-,51?;/m0./s1. The molecule has 2 saturated heterocycles. The molecule has 598 valence electrons. The Morgan fingerprint density at radius 2 is 1.07 bits per heavy atom. The number of hydrogen-bond donors (Lipinski definition) is 1. The quantitative estimate of drug-likeness (QED) is 0.0244. The SMILES string of the molecule is CCOCCOCCOCCOCCCC(=O)COc1cccc2c1C(=O)N(C1CCC(=O)NC1=O)C2=O.CCOCCOCCOCCOCCOCCOCCOCCCC(=O)COc1cccc(C(CCc2ccc(C)c(C)c2)OC(=O)[C@@H]2CCCCN2C(=O)[C@@H](CC)c2cc(C)c(OC)c(OC)c2)c1. The molecule has 5 amide bonds. The number of benzene rings is 4. The van der Waals surface area contributed by atoms with Gasteiger partial charge in [0.1, 0.15) is 42.9 Å². The number of ether oxygens (including phenoxy) is 16. The first-order valence-electron chi connectivity index (χ1n) is 37.9. The number of nitrogens with one attached hydrogen (secondary N) is 1. The van der Waals surface area contributed by atoms with Crippen molar-refractivity contribution in [2.45, 2.75) is 143 Å². The second-order valence-corrected chi connectivity index (χ2v) is 25.9. The smallest absolute Gasteiger partial charge is 0.329 e. The summed E-state index contributed by atoms with van der Waals surface area (Å²) in [6, 6.07) is 20.3. The van der Waals surface area contributed by atoms with Crippen molar-refractivity contribution >= 4 is 47.1 Å². The van der Waals surface area contributed by atoms with Crippen molar-refractivity contribution in [3.8, 4) is 23.0 Å². The Morgan fingerprint density at radius 1 is 0.528 bits per heavy atom. The third kappa shape index (κ3) is 30.9. The molecule has 2 fully saturated rings. The van der Waals surface area contributed by atoms with Crippen LogP contribution in [0.1, 0.15) is 158 Å². The number of carbonyl (C=O) groups is 8. The Bertz CT molecular complexity index is 3400. The first kappa shape index (κ1) is 89.1. The van der Waals surface area contributed by atoms with Gasteiger partial charge < -0.3 is 80.7 Å². The van der Waals surface area contributed by atoms with Crippen molar-refractivity contribution in [2.75, 3.05) is 179 Å². The Labute approximate surface area is 636 Å². The summed E-state index contributed by atoms with van der Waals surface area (Å²) < 4.78 is 88.9. The fourth-order valence-electron chi connectivity index (χ4n) is 12.2. The van der Waals surface area contributed by atoms with Crippen molar-refractivity contribution in [3.63, 3.8) is 0 Å². The number of aryl methyl sites for hydroxylation is 4. The van der Waals surface area contributed by atoms with Gasteiger partial charge in [0.2, 0.25) is 17.7 Å². The molecular formula is C81H115N3O24. The van der Waals surface area contributed by atoms with Crippen LogP contribution < -0.4 is 24.3 Å². The molecule has 27 heteroatoms. The molecule has 0 saturated carbocycles. The number of rotatable bonds is 55. The van der Waals surface area contributed by atoms with E-state index in [1.54, 1.807) is 31.3 Å². The van der Waals surface area contributed by atoms with E-state index in [2.05, 4.69) is 37.4 Å². The van der Waals surface area contributed by atoms with Gasteiger partial charge in [-0.1, -0.05) is 49.4 Å². The van der Waals surface area contributed by atoms with Gasteiger partial charge in [0.05, 0.1) is 150 Å². The van der Waals surface area contributed by atoms with Gasteiger partial charge in [0, 0.05) is 52.2 Å². The van der Waals surface area contributed by atoms with Crippen LogP contribution in [0.3, 0.4) is 0 Å². The molecule has 7 rings (SSSR count). The van der Waals surface area contributed by atoms with E-state index < -0.39 is 53.7 Å². The van der Waals surface area contributed by atoms with E-state index >= 15 is 0 Å². The first-order chi connectivity index (χ1) is 52.5. The number of hydrogen-bond acceptors (Lipinski definition) is 24. The predicted octanol–water partition coefficient (Wildman–Crippen LogP) is 9.19. The van der Waals surface area contributed by atoms with Crippen LogP contribution in [-0.4, -0.2) is 248 Å². The maximum Gasteiger partial charge on any atom is 0.329 e. The highest BCUT2D eigenvalue weighted by Gasteiger charge is 2.46. The zero-order valence-electron chi connectivity index (χ0n) is 64.6. The number of imide groups is 2. The summed E-state index contributed by atoms with van der Waals surface area (Å²) in [6.45, 7) is 23.0. The van der Waals surface area contributed by atoms with Gasteiger partial charge in [-0.3, -0.25) is 43.8 Å². The van der Waals surface area contributed by atoms with Gasteiger partial charge in [-0.25, -0.2) is 4.79 Å². The molecule has 27 nitrogen and oxygen atoms in total. The number of piperidine rings is 2. The van der Waals surface area contributed by atoms with E-state index in [0.29, 0.717) is 214 Å². The molecule has 3 aliphatic rings. The van der Waals surface area contributed by atoms with Crippen molar-refractivity contribution in [1.82, 2.24) is 15.1 Å². The maximum atomic E-state index is 14.4. The highest BCUT2D eigenvalue weighted by molar-refractivity contribution is 6.24. The molecule has 2 unspecified atom stereocenters. The molecule has 4 atom stereocenters. The van der Waals surface area contributed by atoms with E-state index in [9.17, 15) is 38.4 Å². The average molecular weight is 1510 g/mol. The zero-order valence-corrected chi connectivity index (χ0v) is 64.6. The number of esters is 1. The third-order valence-corrected chi connectivity index (χ3v) is 18.1. The largest absolute Gasteiger partial charge is 0.493 e. The van der Waals surface area contributed by atoms with Gasteiger partial charge in [0.25, 0.3) is 11.8 Å². The highest BCUT2D eigenvalue weighted by Crippen LogP contribution is 2.38. The number of Topliss-reactive ketones (excluding diaryl/α,β-unsaturated/α-hetero) is 2. The van der Waals surface area contributed by atoms with Crippen LogP contribution in [0.15, 0.2) is 72.8 Å². The molecule has 0 bridgehead atoms. The fraction of sp³-hybridized carbons (Fsp3) is 0.605. The lowest BCUT2D eigenvalue weighted by molar-refractivity contribution is -0.162. The van der Waals surface area contributed by atoms with Crippen molar-refractivity contribution in [3.05, 3.63) is 117 Å². The lowest BCUT2D eigenvalue weighted by atomic mass is 9.91. The lowest BCUT2D eigenvalue weighted by Crippen LogP contribution is -2.54. The lowest BCUT2D eigenvalue weighted by Gasteiger charge is -2.37. The van der Waals surface area contributed by atoms with Crippen LogP contribution in [0.2, 0.25) is 0 Å². The topological polar surface area (TPSA) is 303 Å². The van der Waals surface area contributed by atoms with E-state index in [1.165, 1.54) is 23.3 Å². The summed E-state index contributed by atoms with van der Waals surface area (Å²) in [5, 5.41) is 2.15. The van der Waals surface area contributed by atoms with E-state index in [4.69, 9.17) is 75.8 Å². The normalized spacial score (nSPS) is 15.4. The fourth-order valence-corrected chi connectivity index (χ4v) is 12.2. The molecule has 1 N–H and O–H groups in total. The second kappa shape index (κ2) is 51.6. The van der Waals surface area contributed by atoms with Gasteiger partial charge in [0.15, 0.2) is 23.1 Å². The molecule has 4 aromatic rings. The molecule has 0 aromatic heterocycles. The number of fused-ring (bicyclic) bond motifs is 1. The highest BCUT2D eigenvalue weighted by atomic mass is 16.6. The summed E-state index contributed by atoms with van der Waals surface area (Å²) in [6.07, 6.45) is 4.89. The number of methoxy groups -OCH3 is 2. The third-order valence-electron chi connectivity index (χ3n) is 18.1. The molecule has 3 aliphatic heterocycles. The second-order valence-electron chi connectivity index (χ2n) is 25.9. The van der Waals surface area contributed by atoms with Crippen molar-refractivity contribution in [1.29, 1.82) is 0 Å². The summed E-state index contributed by atoms with van der Waals surface area (Å²) in [5.41, 5.74) is 6.08. The van der Waals surface area contributed by atoms with Gasteiger partial charge >= 0.3 is 5.97 Å². The molecule has 3 heterocycles. The van der Waals surface area contributed by atoms with E-state index in [1.807, 2.05) is 58.0 Å². The maximum absolute atomic E-state index is 14.4. The predicted molar refractivity (Wildman–Crippen MR) is 399 cm³/mol. The Balaban J connectivity index is 0.000000402. The first-order valence-corrected chi connectivity index (χ1v) is 37.9. The summed E-state index contributed by atoms with van der Waals surface area (Å²) in [7, 11) is 3.18. The van der Waals surface area contributed by atoms with Gasteiger partial charge in [-0.05, 0) is 156 Å². The minimum Gasteiger partial charge on any atom is -0.493 e. The van der Waals surface area contributed by atoms with Crippen LogP contribution in [0.25, 0.3) is 0 Å². The minimum atomic E-state index is -1.07. The number of amides is 5. The number of ketones is 2. The molecule has 108 heavy (non-hydrogen) atoms. The number of nitrogens with zero attached hydrogens (tertiary/aromatic N) is 2. The van der Waals surface area contributed by atoms with Gasteiger partial charge in [-0.15, -0.1) is 0 Å². The monoisotopic (exact) mass is 1510 g/mol. The van der Waals surface area contributed by atoms with Crippen LogP contribution >= 0.6 is 0 Å². The van der Waals surface area contributed by atoms with Crippen molar-refractivity contribution < 1.29 is 114 Å². The van der Waals surface area contributed by atoms with Crippen molar-refractivity contribution in [2.24, 2.45) is 0 Å². The Morgan fingerprint density at radius 3 is 1.60 bits per heavy atom. The Hall–Kier alpha value is -7.80. The molecule has 0 radical (unpaired) electrons. The van der Waals surface area contributed by atoms with Crippen LogP contribution in [0, 0.1) is 20.8 Å². The summed E-state index contributed by atoms with van der Waals surface area (Å²) in [4.78, 5) is 106. The summed E-state index contributed by atoms with van der Waals surface area (Å²) in [5.74, 6) is -1.91. The molecule has 0 spiro atoms. The number of likely N-dealkylation sites (tertiary alicyclic amines) is 1. The molecule has 4 aromatic carbocycles. The average Bonchev–Trinajstić information content (AvgIpc) is 1.59. The molecule has 0 aliphatic carbocycles. The van der Waals surface area contributed by atoms with Gasteiger partial charge in [-0.2, -0.15) is 0 Å². The molecular weight excluding hydrogens is 1400 g/mol.